The number of aromatic nitrogens is 2. The van der Waals surface area contributed by atoms with Crippen LogP contribution in [0.2, 0.25) is 0 Å². The minimum atomic E-state index is -0.454. The number of para-hydroxylation sites is 1. The number of carbonyl (C=O) groups excluding carboxylic acids is 2. The Kier molecular flexibility index (Phi) is 3.59. The fourth-order valence-electron chi connectivity index (χ4n) is 2.71. The van der Waals surface area contributed by atoms with Crippen LogP contribution in [0.4, 0.5) is 0 Å². The number of carbonyl (C=O) groups is 2. The molecule has 3 aromatic rings. The second-order valence-corrected chi connectivity index (χ2v) is 6.71. The predicted molar refractivity (Wildman–Crippen MR) is 97.7 cm³/mol. The van der Waals surface area contributed by atoms with Gasteiger partial charge in [0.15, 0.2) is 5.78 Å². The fourth-order valence-corrected chi connectivity index (χ4v) is 3.60. The molecule has 1 aliphatic rings. The maximum atomic E-state index is 12.2. The summed E-state index contributed by atoms with van der Waals surface area (Å²) >= 11 is 6.46. The molecule has 5 nitrogen and oxygen atoms in total. The number of nitrogens with one attached hydrogen (secondary N) is 1. The van der Waals surface area contributed by atoms with E-state index in [1.54, 1.807) is 28.3 Å². The van der Waals surface area contributed by atoms with Gasteiger partial charge in [-0.05, 0) is 6.07 Å². The van der Waals surface area contributed by atoms with Gasteiger partial charge in [0, 0.05) is 34.9 Å². The topological polar surface area (TPSA) is 64.0 Å². The summed E-state index contributed by atoms with van der Waals surface area (Å²) in [5.74, 6) is -0.720. The number of Topliss-reactive ketones (excluding diaryl/α,β-unsaturated/α-hetero) is 1. The molecular formula is C17H11N3O2S2. The van der Waals surface area contributed by atoms with E-state index in [1.807, 2.05) is 35.8 Å². The highest BCUT2D eigenvalue weighted by atomic mass is 32.1. The lowest BCUT2D eigenvalue weighted by Crippen LogP contribution is -2.40. The smallest absolute Gasteiger partial charge is 0.261 e. The van der Waals surface area contributed by atoms with Crippen molar-refractivity contribution in [3.05, 3.63) is 47.6 Å². The van der Waals surface area contributed by atoms with Gasteiger partial charge in [0.05, 0.1) is 22.5 Å². The van der Waals surface area contributed by atoms with E-state index >= 15 is 0 Å². The normalized spacial score (nSPS) is 16.8. The molecule has 0 saturated carbocycles. The number of thiazole rings is 1. The van der Waals surface area contributed by atoms with Crippen LogP contribution in [-0.2, 0) is 9.59 Å². The van der Waals surface area contributed by atoms with E-state index in [-0.39, 0.29) is 22.8 Å². The quantitative estimate of drug-likeness (QED) is 0.437. The van der Waals surface area contributed by atoms with Crippen LogP contribution in [0.25, 0.3) is 27.7 Å². The largest absolute Gasteiger partial charge is 0.322 e. The highest BCUT2D eigenvalue weighted by Gasteiger charge is 2.26. The van der Waals surface area contributed by atoms with Crippen molar-refractivity contribution >= 4 is 57.3 Å². The Morgan fingerprint density at radius 1 is 1.29 bits per heavy atom. The fraction of sp³-hybridized carbons (Fsp3) is 0.0588. The Labute approximate surface area is 146 Å². The number of hydrogen-bond donors (Lipinski definition) is 1. The first-order valence-electron chi connectivity index (χ1n) is 7.22. The summed E-state index contributed by atoms with van der Waals surface area (Å²) in [4.78, 5) is 28.9. The summed E-state index contributed by atoms with van der Waals surface area (Å²) in [5.41, 5.74) is 1.98. The number of fused-ring (bicyclic) bond motifs is 1. The van der Waals surface area contributed by atoms with Crippen LogP contribution in [0.15, 0.2) is 47.6 Å². The lowest BCUT2D eigenvalue weighted by Gasteiger charge is -2.14. The van der Waals surface area contributed by atoms with Crippen molar-refractivity contribution in [3.63, 3.8) is 0 Å². The van der Waals surface area contributed by atoms with Crippen molar-refractivity contribution in [1.82, 2.24) is 14.9 Å². The van der Waals surface area contributed by atoms with E-state index in [2.05, 4.69) is 10.3 Å². The molecule has 1 saturated heterocycles. The van der Waals surface area contributed by atoms with Crippen molar-refractivity contribution in [3.8, 4) is 10.6 Å². The molecule has 1 amide bonds. The number of nitrogens with zero attached hydrogens (tertiary/aromatic N) is 2. The van der Waals surface area contributed by atoms with Crippen LogP contribution < -0.4 is 5.32 Å². The molecule has 0 aliphatic carbocycles. The predicted octanol–water partition coefficient (Wildman–Crippen LogP) is 3.02. The van der Waals surface area contributed by atoms with E-state index in [9.17, 15) is 9.59 Å². The standard InChI is InChI=1S/C17H11N3O2S2/c21-14-7-15(23)19-16(22)12(14)9-20-8-11(17-18-5-6-24-17)10-3-1-2-4-13(10)20/h1-6,8-9H,7H2,(H,19,22,23)/b12-9+. The number of hydrogen-bond acceptors (Lipinski definition) is 5. The molecule has 1 N–H and O–H groups in total. The van der Waals surface area contributed by atoms with Gasteiger partial charge in [-0.1, -0.05) is 30.4 Å². The van der Waals surface area contributed by atoms with Crippen LogP contribution in [0.1, 0.15) is 6.42 Å². The van der Waals surface area contributed by atoms with Crippen molar-refractivity contribution in [2.45, 2.75) is 6.42 Å². The molecule has 0 radical (unpaired) electrons. The number of piperidine rings is 1. The van der Waals surface area contributed by atoms with Gasteiger partial charge in [0.25, 0.3) is 5.91 Å². The number of rotatable bonds is 2. The molecule has 0 bridgehead atoms. The number of benzene rings is 1. The van der Waals surface area contributed by atoms with E-state index in [4.69, 9.17) is 12.2 Å². The SMILES string of the molecule is O=C1CC(=S)NC(=O)/C1=C/n1cc(-c2nccs2)c2ccccc21. The molecule has 2 aromatic heterocycles. The Balaban J connectivity index is 1.89. The Morgan fingerprint density at radius 2 is 2.12 bits per heavy atom. The molecule has 3 heterocycles. The van der Waals surface area contributed by atoms with Gasteiger partial charge in [0.1, 0.15) is 5.01 Å². The molecule has 1 aliphatic heterocycles. The van der Waals surface area contributed by atoms with Crippen LogP contribution in [0.5, 0.6) is 0 Å². The summed E-state index contributed by atoms with van der Waals surface area (Å²) in [7, 11) is 0. The maximum absolute atomic E-state index is 12.2. The average Bonchev–Trinajstić information content (AvgIpc) is 3.19. The second-order valence-electron chi connectivity index (χ2n) is 5.32. The van der Waals surface area contributed by atoms with Gasteiger partial charge >= 0.3 is 0 Å². The molecule has 24 heavy (non-hydrogen) atoms. The van der Waals surface area contributed by atoms with Gasteiger partial charge in [0.2, 0.25) is 0 Å². The summed E-state index contributed by atoms with van der Waals surface area (Å²) in [6.45, 7) is 0. The second kappa shape index (κ2) is 5.77. The van der Waals surface area contributed by atoms with Crippen molar-refractivity contribution < 1.29 is 9.59 Å². The van der Waals surface area contributed by atoms with Crippen LogP contribution >= 0.6 is 23.6 Å². The third-order valence-corrected chi connectivity index (χ3v) is 4.84. The minimum Gasteiger partial charge on any atom is -0.322 e. The van der Waals surface area contributed by atoms with E-state index < -0.39 is 5.91 Å². The molecule has 0 atom stereocenters. The van der Waals surface area contributed by atoms with Gasteiger partial charge in [-0.25, -0.2) is 4.98 Å². The molecule has 118 valence electrons. The zero-order chi connectivity index (χ0) is 16.7. The Morgan fingerprint density at radius 3 is 2.88 bits per heavy atom. The van der Waals surface area contributed by atoms with Crippen LogP contribution in [0.3, 0.4) is 0 Å². The first kappa shape index (κ1) is 14.9. The third-order valence-electron chi connectivity index (χ3n) is 3.79. The monoisotopic (exact) mass is 353 g/mol. The highest BCUT2D eigenvalue weighted by molar-refractivity contribution is 7.80. The molecule has 0 spiro atoms. The van der Waals surface area contributed by atoms with Gasteiger partial charge in [-0.2, -0.15) is 0 Å². The first-order valence-corrected chi connectivity index (χ1v) is 8.51. The molecule has 0 unspecified atom stereocenters. The molecule has 7 heteroatoms. The Hall–Kier alpha value is -2.64. The van der Waals surface area contributed by atoms with Gasteiger partial charge in [-0.15, -0.1) is 11.3 Å². The third kappa shape index (κ3) is 2.47. The molecule has 1 aromatic carbocycles. The Bertz CT molecular complexity index is 994. The maximum Gasteiger partial charge on any atom is 0.261 e. The molecular weight excluding hydrogens is 342 g/mol. The van der Waals surface area contributed by atoms with E-state index in [0.29, 0.717) is 0 Å². The average molecular weight is 353 g/mol. The van der Waals surface area contributed by atoms with Gasteiger partial charge in [-0.3, -0.25) is 9.59 Å². The van der Waals surface area contributed by atoms with Crippen LogP contribution in [0, 0.1) is 0 Å². The van der Waals surface area contributed by atoms with Crippen molar-refractivity contribution in [2.24, 2.45) is 0 Å². The summed E-state index contributed by atoms with van der Waals surface area (Å²) in [5, 5.41) is 6.37. The van der Waals surface area contributed by atoms with E-state index in [0.717, 1.165) is 21.5 Å². The minimum absolute atomic E-state index is 0.0610. The highest BCUT2D eigenvalue weighted by Crippen LogP contribution is 2.32. The summed E-state index contributed by atoms with van der Waals surface area (Å²) in [6, 6.07) is 7.81. The summed E-state index contributed by atoms with van der Waals surface area (Å²) in [6.07, 6.45) is 5.28. The number of amides is 1. The van der Waals surface area contributed by atoms with Crippen LogP contribution in [-0.4, -0.2) is 26.2 Å². The van der Waals surface area contributed by atoms with Crippen molar-refractivity contribution in [1.29, 1.82) is 0 Å². The van der Waals surface area contributed by atoms with E-state index in [1.165, 1.54) is 0 Å². The lowest BCUT2D eigenvalue weighted by molar-refractivity contribution is -0.122. The number of ketones is 1. The lowest BCUT2D eigenvalue weighted by atomic mass is 10.1. The first-order chi connectivity index (χ1) is 11.6. The number of thiocarbonyl (C=S) groups is 1. The molecule has 1 fully saturated rings. The molecule has 4 rings (SSSR count). The zero-order valence-electron chi connectivity index (χ0n) is 12.4. The van der Waals surface area contributed by atoms with Gasteiger partial charge < -0.3 is 9.88 Å². The zero-order valence-corrected chi connectivity index (χ0v) is 14.0. The van der Waals surface area contributed by atoms with Crippen molar-refractivity contribution in [2.75, 3.05) is 0 Å². The summed E-state index contributed by atoms with van der Waals surface area (Å²) < 4.78 is 1.80.